The number of rotatable bonds is 5. The molecule has 2 aromatic rings. The molecule has 6 nitrogen and oxygen atoms in total. The van der Waals surface area contributed by atoms with E-state index >= 15 is 0 Å². The van der Waals surface area contributed by atoms with E-state index in [0.29, 0.717) is 48.0 Å². The van der Waals surface area contributed by atoms with Crippen molar-refractivity contribution in [3.8, 4) is 0 Å². The maximum atomic E-state index is 12.6. The highest BCUT2D eigenvalue weighted by Crippen LogP contribution is 2.18. The first-order chi connectivity index (χ1) is 13.4. The molecule has 1 fully saturated rings. The van der Waals surface area contributed by atoms with Crippen molar-refractivity contribution in [2.24, 2.45) is 0 Å². The Balaban J connectivity index is 1.48. The zero-order valence-electron chi connectivity index (χ0n) is 15.7. The predicted octanol–water partition coefficient (Wildman–Crippen LogP) is 2.94. The highest BCUT2D eigenvalue weighted by molar-refractivity contribution is 6.33. The molecule has 3 rings (SSSR count). The fourth-order valence-electron chi connectivity index (χ4n) is 3.11. The van der Waals surface area contributed by atoms with Crippen LogP contribution >= 0.6 is 11.6 Å². The lowest BCUT2D eigenvalue weighted by atomic mass is 10.1. The SMILES string of the molecule is CC(=O)c1ccc(NC(=O)CN2CCN(C(=O)c3ccccc3Cl)CC2)cc1. The summed E-state index contributed by atoms with van der Waals surface area (Å²) in [5.74, 6) is -0.219. The van der Waals surface area contributed by atoms with Crippen LogP contribution in [0.4, 0.5) is 5.69 Å². The van der Waals surface area contributed by atoms with Gasteiger partial charge in [0.25, 0.3) is 5.91 Å². The molecule has 0 atom stereocenters. The van der Waals surface area contributed by atoms with Crippen molar-refractivity contribution >= 4 is 34.9 Å². The minimum atomic E-state index is -0.124. The van der Waals surface area contributed by atoms with Gasteiger partial charge in [0.2, 0.25) is 5.91 Å². The molecule has 28 heavy (non-hydrogen) atoms. The van der Waals surface area contributed by atoms with Crippen LogP contribution in [0.3, 0.4) is 0 Å². The van der Waals surface area contributed by atoms with E-state index in [-0.39, 0.29) is 24.1 Å². The standard InChI is InChI=1S/C21H22ClN3O3/c1-15(26)16-6-8-17(9-7-16)23-20(27)14-24-10-12-25(13-11-24)21(28)18-4-2-3-5-19(18)22/h2-9H,10-14H2,1H3,(H,23,27). The summed E-state index contributed by atoms with van der Waals surface area (Å²) in [5, 5.41) is 3.28. The normalized spacial score (nSPS) is 14.6. The summed E-state index contributed by atoms with van der Waals surface area (Å²) < 4.78 is 0. The lowest BCUT2D eigenvalue weighted by molar-refractivity contribution is -0.117. The Kier molecular flexibility index (Phi) is 6.44. The number of benzene rings is 2. The van der Waals surface area contributed by atoms with Gasteiger partial charge in [0.05, 0.1) is 17.1 Å². The fraction of sp³-hybridized carbons (Fsp3) is 0.286. The largest absolute Gasteiger partial charge is 0.336 e. The average molecular weight is 400 g/mol. The van der Waals surface area contributed by atoms with E-state index in [4.69, 9.17) is 11.6 Å². The van der Waals surface area contributed by atoms with E-state index in [9.17, 15) is 14.4 Å². The smallest absolute Gasteiger partial charge is 0.255 e. The molecule has 2 aromatic carbocycles. The third-order valence-electron chi connectivity index (χ3n) is 4.71. The quantitative estimate of drug-likeness (QED) is 0.785. The Morgan fingerprint density at radius 1 is 0.964 bits per heavy atom. The number of hydrogen-bond donors (Lipinski definition) is 1. The summed E-state index contributed by atoms with van der Waals surface area (Å²) in [5.41, 5.74) is 1.77. The molecule has 0 spiro atoms. The van der Waals surface area contributed by atoms with E-state index in [0.717, 1.165) is 0 Å². The van der Waals surface area contributed by atoms with Crippen molar-refractivity contribution < 1.29 is 14.4 Å². The fourth-order valence-corrected chi connectivity index (χ4v) is 3.32. The molecule has 0 unspecified atom stereocenters. The van der Waals surface area contributed by atoms with Crippen molar-refractivity contribution in [1.29, 1.82) is 0 Å². The topological polar surface area (TPSA) is 69.7 Å². The molecule has 1 saturated heterocycles. The van der Waals surface area contributed by atoms with Crippen molar-refractivity contribution in [3.05, 3.63) is 64.7 Å². The second-order valence-electron chi connectivity index (χ2n) is 6.73. The van der Waals surface area contributed by atoms with E-state index in [1.807, 2.05) is 4.90 Å². The third-order valence-corrected chi connectivity index (χ3v) is 5.04. The molecule has 1 aliphatic rings. The minimum absolute atomic E-state index is 0.0120. The van der Waals surface area contributed by atoms with E-state index < -0.39 is 0 Å². The lowest BCUT2D eigenvalue weighted by Crippen LogP contribution is -2.50. The third kappa shape index (κ3) is 4.97. The molecular weight excluding hydrogens is 378 g/mol. The maximum absolute atomic E-state index is 12.6. The molecule has 7 heteroatoms. The van der Waals surface area contributed by atoms with E-state index in [1.165, 1.54) is 6.92 Å². The number of halogens is 1. The summed E-state index contributed by atoms with van der Waals surface area (Å²) >= 11 is 6.11. The second-order valence-corrected chi connectivity index (χ2v) is 7.14. The van der Waals surface area contributed by atoms with Crippen molar-refractivity contribution in [2.75, 3.05) is 38.0 Å². The van der Waals surface area contributed by atoms with Crippen LogP contribution in [0.1, 0.15) is 27.6 Å². The molecule has 0 aromatic heterocycles. The Bertz CT molecular complexity index is 875. The van der Waals surface area contributed by atoms with Gasteiger partial charge in [-0.05, 0) is 43.3 Å². The Morgan fingerprint density at radius 3 is 2.21 bits per heavy atom. The van der Waals surface area contributed by atoms with E-state index in [1.54, 1.807) is 53.4 Å². The first kappa shape index (κ1) is 20.0. The zero-order chi connectivity index (χ0) is 20.1. The van der Waals surface area contributed by atoms with Crippen LogP contribution in [0.25, 0.3) is 0 Å². The van der Waals surface area contributed by atoms with Gasteiger partial charge in [-0.3, -0.25) is 19.3 Å². The van der Waals surface area contributed by atoms with Crippen LogP contribution in [0.5, 0.6) is 0 Å². The number of ketones is 1. The number of carbonyl (C=O) groups excluding carboxylic acids is 3. The first-order valence-electron chi connectivity index (χ1n) is 9.11. The Hall–Kier alpha value is -2.70. The second kappa shape index (κ2) is 8.99. The van der Waals surface area contributed by atoms with Crippen LogP contribution in [-0.2, 0) is 4.79 Å². The van der Waals surface area contributed by atoms with Gasteiger partial charge in [0.15, 0.2) is 5.78 Å². The van der Waals surface area contributed by atoms with Gasteiger partial charge in [0.1, 0.15) is 0 Å². The van der Waals surface area contributed by atoms with Gasteiger partial charge in [-0.2, -0.15) is 0 Å². The minimum Gasteiger partial charge on any atom is -0.336 e. The van der Waals surface area contributed by atoms with Gasteiger partial charge in [-0.25, -0.2) is 0 Å². The molecule has 1 N–H and O–H groups in total. The molecule has 146 valence electrons. The molecule has 0 bridgehead atoms. The highest BCUT2D eigenvalue weighted by Gasteiger charge is 2.24. The van der Waals surface area contributed by atoms with Gasteiger partial charge >= 0.3 is 0 Å². The molecular formula is C21H22ClN3O3. The average Bonchev–Trinajstić information content (AvgIpc) is 2.69. The van der Waals surface area contributed by atoms with Gasteiger partial charge in [0, 0.05) is 37.4 Å². The Morgan fingerprint density at radius 2 is 1.61 bits per heavy atom. The van der Waals surface area contributed by atoms with Crippen LogP contribution in [0, 0.1) is 0 Å². The lowest BCUT2D eigenvalue weighted by Gasteiger charge is -2.34. The number of hydrogen-bond acceptors (Lipinski definition) is 4. The molecule has 2 amide bonds. The summed E-state index contributed by atoms with van der Waals surface area (Å²) in [6.07, 6.45) is 0. The van der Waals surface area contributed by atoms with Crippen LogP contribution in [-0.4, -0.2) is 60.1 Å². The number of nitrogens with zero attached hydrogens (tertiary/aromatic N) is 2. The summed E-state index contributed by atoms with van der Waals surface area (Å²) in [4.78, 5) is 39.9. The number of anilines is 1. The summed E-state index contributed by atoms with van der Waals surface area (Å²) in [6, 6.07) is 13.8. The highest BCUT2D eigenvalue weighted by atomic mass is 35.5. The number of piperazine rings is 1. The molecule has 1 heterocycles. The summed E-state index contributed by atoms with van der Waals surface area (Å²) in [6.45, 7) is 4.08. The monoisotopic (exact) mass is 399 g/mol. The molecule has 0 aliphatic carbocycles. The molecule has 0 saturated carbocycles. The van der Waals surface area contributed by atoms with Crippen molar-refractivity contribution in [3.63, 3.8) is 0 Å². The zero-order valence-corrected chi connectivity index (χ0v) is 16.4. The Labute approximate surface area is 169 Å². The maximum Gasteiger partial charge on any atom is 0.255 e. The van der Waals surface area contributed by atoms with Crippen LogP contribution < -0.4 is 5.32 Å². The van der Waals surface area contributed by atoms with Crippen molar-refractivity contribution in [2.45, 2.75) is 6.92 Å². The van der Waals surface area contributed by atoms with Gasteiger partial charge in [-0.1, -0.05) is 23.7 Å². The predicted molar refractivity (Wildman–Crippen MR) is 109 cm³/mol. The summed E-state index contributed by atoms with van der Waals surface area (Å²) in [7, 11) is 0. The number of Topliss-reactive ketones (excluding diaryl/α,β-unsaturated/α-hetero) is 1. The number of carbonyl (C=O) groups is 3. The van der Waals surface area contributed by atoms with Crippen LogP contribution in [0.2, 0.25) is 5.02 Å². The van der Waals surface area contributed by atoms with Crippen LogP contribution in [0.15, 0.2) is 48.5 Å². The van der Waals surface area contributed by atoms with Gasteiger partial charge < -0.3 is 10.2 Å². The van der Waals surface area contributed by atoms with E-state index in [2.05, 4.69) is 5.32 Å². The molecule has 0 radical (unpaired) electrons. The van der Waals surface area contributed by atoms with Crippen molar-refractivity contribution in [1.82, 2.24) is 9.80 Å². The molecule has 1 aliphatic heterocycles. The first-order valence-corrected chi connectivity index (χ1v) is 9.49. The number of nitrogens with one attached hydrogen (secondary N) is 1. The van der Waals surface area contributed by atoms with Gasteiger partial charge in [-0.15, -0.1) is 0 Å². The number of amides is 2.